The molecule has 0 heterocycles. The largest absolute Gasteiger partial charge is 0.494 e. The second kappa shape index (κ2) is 16.1. The van der Waals surface area contributed by atoms with Crippen LogP contribution in [0.2, 0.25) is 5.02 Å². The van der Waals surface area contributed by atoms with Gasteiger partial charge in [-0.15, -0.1) is 0 Å². The Morgan fingerprint density at radius 3 is 2.21 bits per heavy atom. The molecular weight excluding hydrogens is 584 g/mol. The molecule has 0 radical (unpaired) electrons. The van der Waals surface area contributed by atoms with Crippen LogP contribution in [-0.2, 0) is 32.1 Å². The summed E-state index contributed by atoms with van der Waals surface area (Å²) in [5, 5.41) is 0.552. The van der Waals surface area contributed by atoms with Gasteiger partial charge in [0.05, 0.1) is 18.1 Å². The van der Waals surface area contributed by atoms with E-state index < -0.39 is 23.0 Å². The van der Waals surface area contributed by atoms with E-state index in [2.05, 4.69) is 0 Å². The number of hydrogen-bond donors (Lipinski definition) is 0. The summed E-state index contributed by atoms with van der Waals surface area (Å²) < 4.78 is 23.0. The Balaban J connectivity index is 1.83. The normalized spacial score (nSPS) is 12.7. The Kier molecular flexibility index (Phi) is 12.8. The predicted molar refractivity (Wildman–Crippen MR) is 172 cm³/mol. The van der Waals surface area contributed by atoms with Gasteiger partial charge in [-0.1, -0.05) is 73.1 Å². The Bertz CT molecular complexity index is 1350. The van der Waals surface area contributed by atoms with Crippen LogP contribution in [0.3, 0.4) is 0 Å². The molecule has 43 heavy (non-hydrogen) atoms. The molecule has 0 bridgehead atoms. The van der Waals surface area contributed by atoms with Crippen LogP contribution in [-0.4, -0.2) is 30.8 Å². The molecule has 8 heteroatoms. The van der Waals surface area contributed by atoms with Gasteiger partial charge in [0.2, 0.25) is 0 Å². The summed E-state index contributed by atoms with van der Waals surface area (Å²) in [5.74, 6) is 0.397. The van der Waals surface area contributed by atoms with E-state index in [-0.39, 0.29) is 13.0 Å². The number of benzene rings is 3. The van der Waals surface area contributed by atoms with Gasteiger partial charge in [0.25, 0.3) is 0 Å². The summed E-state index contributed by atoms with van der Waals surface area (Å²) in [5.41, 5.74) is -0.224. The molecule has 0 amide bonds. The lowest BCUT2D eigenvalue weighted by atomic mass is 9.78. The van der Waals surface area contributed by atoms with Crippen molar-refractivity contribution >= 4 is 35.3 Å². The average molecular weight is 627 g/mol. The minimum atomic E-state index is -1.40. The monoisotopic (exact) mass is 626 g/mol. The summed E-state index contributed by atoms with van der Waals surface area (Å²) in [6.45, 7) is 12.2. The summed E-state index contributed by atoms with van der Waals surface area (Å²) in [6.07, 6.45) is 1.59. The van der Waals surface area contributed by atoms with Crippen LogP contribution in [0.25, 0.3) is 0 Å². The summed E-state index contributed by atoms with van der Waals surface area (Å²) in [4.78, 5) is 28.5. The van der Waals surface area contributed by atoms with Crippen LogP contribution in [0, 0.1) is 5.41 Å². The Morgan fingerprint density at radius 1 is 0.837 bits per heavy atom. The van der Waals surface area contributed by atoms with Gasteiger partial charge in [0.1, 0.15) is 23.7 Å². The van der Waals surface area contributed by atoms with Crippen LogP contribution in [0.1, 0.15) is 71.9 Å². The zero-order valence-electron chi connectivity index (χ0n) is 26.0. The summed E-state index contributed by atoms with van der Waals surface area (Å²) >= 11 is 8.32. The molecule has 6 nitrogen and oxygen atoms in total. The van der Waals surface area contributed by atoms with Crippen LogP contribution >= 0.6 is 23.4 Å². The molecule has 0 saturated heterocycles. The van der Waals surface area contributed by atoms with Crippen molar-refractivity contribution in [1.82, 2.24) is 0 Å². The van der Waals surface area contributed by atoms with E-state index >= 15 is 0 Å². The van der Waals surface area contributed by atoms with Gasteiger partial charge in [0, 0.05) is 9.92 Å². The van der Waals surface area contributed by atoms with Gasteiger partial charge >= 0.3 is 11.9 Å². The smallest absolute Gasteiger partial charge is 0.324 e. The maximum absolute atomic E-state index is 13.4. The zero-order chi connectivity index (χ0) is 31.5. The second-order valence-electron chi connectivity index (χ2n) is 11.2. The minimum absolute atomic E-state index is 0.182. The lowest BCUT2D eigenvalue weighted by molar-refractivity contribution is -0.180. The van der Waals surface area contributed by atoms with Gasteiger partial charge in [-0.25, -0.2) is 0 Å². The molecule has 0 fully saturated rings. The highest BCUT2D eigenvalue weighted by molar-refractivity contribution is 7.99. The quantitative estimate of drug-likeness (QED) is 0.123. The first-order valence-corrected chi connectivity index (χ1v) is 16.0. The molecule has 232 valence electrons. The molecule has 1 atom stereocenters. The van der Waals surface area contributed by atoms with E-state index in [1.165, 1.54) is 11.8 Å². The number of carbonyl (C=O) groups is 2. The van der Waals surface area contributed by atoms with Crippen molar-refractivity contribution in [3.05, 3.63) is 82.9 Å². The first-order valence-electron chi connectivity index (χ1n) is 14.8. The van der Waals surface area contributed by atoms with Gasteiger partial charge < -0.3 is 18.9 Å². The van der Waals surface area contributed by atoms with Crippen molar-refractivity contribution in [2.24, 2.45) is 5.41 Å². The third-order valence-corrected chi connectivity index (χ3v) is 8.05. The number of ether oxygens (including phenoxy) is 4. The first kappa shape index (κ1) is 34.3. The highest BCUT2D eigenvalue weighted by atomic mass is 35.5. The van der Waals surface area contributed by atoms with Crippen LogP contribution in [0.4, 0.5) is 0 Å². The average Bonchev–Trinajstić information content (AvgIpc) is 2.95. The van der Waals surface area contributed by atoms with E-state index in [1.807, 2.05) is 80.6 Å². The van der Waals surface area contributed by atoms with E-state index in [4.69, 9.17) is 30.5 Å². The molecule has 0 spiro atoms. The summed E-state index contributed by atoms with van der Waals surface area (Å²) in [6, 6.07) is 21.6. The highest BCUT2D eigenvalue weighted by Gasteiger charge is 2.49. The third kappa shape index (κ3) is 9.94. The third-order valence-electron chi connectivity index (χ3n) is 6.67. The second-order valence-corrected chi connectivity index (χ2v) is 12.7. The Hall–Kier alpha value is -3.16. The Morgan fingerprint density at radius 2 is 1.58 bits per heavy atom. The van der Waals surface area contributed by atoms with Gasteiger partial charge in [-0.05, 0) is 95.3 Å². The van der Waals surface area contributed by atoms with E-state index in [9.17, 15) is 9.59 Å². The van der Waals surface area contributed by atoms with Crippen molar-refractivity contribution in [1.29, 1.82) is 0 Å². The number of carbonyl (C=O) groups excluding carboxylic acids is 2. The minimum Gasteiger partial charge on any atom is -0.494 e. The fraction of sp³-hybridized carbons (Fsp3) is 0.429. The molecule has 3 rings (SSSR count). The lowest BCUT2D eigenvalue weighted by Crippen LogP contribution is -2.45. The molecule has 0 N–H and O–H groups in total. The number of esters is 2. The van der Waals surface area contributed by atoms with E-state index in [0.717, 1.165) is 32.4 Å². The van der Waals surface area contributed by atoms with Crippen molar-refractivity contribution in [3.63, 3.8) is 0 Å². The molecule has 3 aromatic rings. The standard InChI is InChI=1S/C35H43ClO6S/c1-7-20-35(32(37)40-9-3,33(38)42-34(4,5)6)21-19-26-15-17-28(23-29(26)36)43-31-22-27(39-8-2)16-18-30(31)41-24-25-13-11-10-12-14-25/h10-18,22-23H,7-9,19-21,24H2,1-6H3. The number of aryl methyl sites for hydroxylation is 1. The lowest BCUT2D eigenvalue weighted by Gasteiger charge is -2.32. The number of halogens is 1. The van der Waals surface area contributed by atoms with Crippen molar-refractivity contribution < 1.29 is 28.5 Å². The van der Waals surface area contributed by atoms with Crippen LogP contribution in [0.15, 0.2) is 76.5 Å². The van der Waals surface area contributed by atoms with Gasteiger partial charge in [0.15, 0.2) is 5.41 Å². The highest BCUT2D eigenvalue weighted by Crippen LogP contribution is 2.40. The molecular formula is C35H43ClO6S. The topological polar surface area (TPSA) is 71.1 Å². The van der Waals surface area contributed by atoms with Gasteiger partial charge in [-0.2, -0.15) is 0 Å². The van der Waals surface area contributed by atoms with E-state index in [0.29, 0.717) is 37.5 Å². The van der Waals surface area contributed by atoms with Crippen molar-refractivity contribution in [2.45, 2.75) is 89.2 Å². The fourth-order valence-electron chi connectivity index (χ4n) is 4.64. The number of rotatable bonds is 15. The molecule has 0 aromatic heterocycles. The summed E-state index contributed by atoms with van der Waals surface area (Å²) in [7, 11) is 0. The molecule has 1 unspecified atom stereocenters. The van der Waals surface area contributed by atoms with Crippen molar-refractivity contribution in [2.75, 3.05) is 13.2 Å². The molecule has 0 aliphatic carbocycles. The molecule has 0 aliphatic rings. The number of hydrogen-bond acceptors (Lipinski definition) is 7. The van der Waals surface area contributed by atoms with Crippen molar-refractivity contribution in [3.8, 4) is 11.5 Å². The maximum atomic E-state index is 13.4. The van der Waals surface area contributed by atoms with Gasteiger partial charge in [-0.3, -0.25) is 9.59 Å². The fourth-order valence-corrected chi connectivity index (χ4v) is 5.95. The zero-order valence-corrected chi connectivity index (χ0v) is 27.6. The molecule has 0 saturated carbocycles. The Labute approximate surface area is 265 Å². The molecule has 0 aliphatic heterocycles. The SMILES string of the molecule is CCCC(CCc1ccc(Sc2cc(OCC)ccc2OCc2ccccc2)cc1Cl)(C(=O)OCC)C(=O)OC(C)(C)C. The first-order chi connectivity index (χ1) is 20.5. The van der Waals surface area contributed by atoms with Crippen LogP contribution in [0.5, 0.6) is 11.5 Å². The van der Waals surface area contributed by atoms with E-state index in [1.54, 1.807) is 27.7 Å². The molecule has 3 aromatic carbocycles. The maximum Gasteiger partial charge on any atom is 0.324 e. The van der Waals surface area contributed by atoms with Crippen LogP contribution < -0.4 is 9.47 Å². The predicted octanol–water partition coefficient (Wildman–Crippen LogP) is 9.09.